The van der Waals surface area contributed by atoms with Crippen molar-refractivity contribution in [2.45, 2.75) is 38.5 Å². The summed E-state index contributed by atoms with van der Waals surface area (Å²) in [6.45, 7) is 0.982. The molecule has 3 N–H and O–H groups in total. The van der Waals surface area contributed by atoms with E-state index in [9.17, 15) is 4.79 Å². The van der Waals surface area contributed by atoms with Crippen LogP contribution in [0.3, 0.4) is 0 Å². The second-order valence-corrected chi connectivity index (χ2v) is 5.37. The Morgan fingerprint density at radius 3 is 2.60 bits per heavy atom. The Balaban J connectivity index is 1.67. The molecule has 0 atom stereocenters. The van der Waals surface area contributed by atoms with E-state index in [4.69, 9.17) is 10.5 Å². The summed E-state index contributed by atoms with van der Waals surface area (Å²) >= 11 is 0. The molecule has 110 valence electrons. The van der Waals surface area contributed by atoms with Crippen molar-refractivity contribution in [3.05, 3.63) is 24.3 Å². The zero-order valence-corrected chi connectivity index (χ0v) is 11.9. The number of nitrogens with two attached hydrogens (primary N) is 1. The van der Waals surface area contributed by atoms with Gasteiger partial charge in [-0.25, -0.2) is 0 Å². The minimum Gasteiger partial charge on any atom is -0.490 e. The lowest BCUT2D eigenvalue weighted by atomic mass is 10.00. The molecule has 1 aliphatic carbocycles. The van der Waals surface area contributed by atoms with Gasteiger partial charge in [-0.15, -0.1) is 0 Å². The molecule has 2 rings (SSSR count). The molecular formula is C16H24N2O2. The van der Waals surface area contributed by atoms with E-state index in [0.29, 0.717) is 24.6 Å². The number of hydrogen-bond donors (Lipinski definition) is 2. The summed E-state index contributed by atoms with van der Waals surface area (Å²) in [6, 6.07) is 7.40. The van der Waals surface area contributed by atoms with Crippen LogP contribution in [0.1, 0.15) is 38.5 Å². The highest BCUT2D eigenvalue weighted by Crippen LogP contribution is 2.23. The van der Waals surface area contributed by atoms with Crippen molar-refractivity contribution in [2.24, 2.45) is 5.92 Å². The van der Waals surface area contributed by atoms with Gasteiger partial charge < -0.3 is 15.8 Å². The lowest BCUT2D eigenvalue weighted by Crippen LogP contribution is -2.33. The number of nitrogens with one attached hydrogen (secondary N) is 1. The van der Waals surface area contributed by atoms with E-state index in [2.05, 4.69) is 5.32 Å². The van der Waals surface area contributed by atoms with Crippen molar-refractivity contribution < 1.29 is 9.53 Å². The molecular weight excluding hydrogens is 252 g/mol. The largest absolute Gasteiger partial charge is 0.490 e. The maximum absolute atomic E-state index is 12.0. The first-order chi connectivity index (χ1) is 9.77. The number of carbonyl (C=O) groups is 1. The second-order valence-electron chi connectivity index (χ2n) is 5.37. The highest BCUT2D eigenvalue weighted by molar-refractivity contribution is 5.78. The van der Waals surface area contributed by atoms with Gasteiger partial charge in [-0.2, -0.15) is 0 Å². The number of rotatable bonds is 5. The van der Waals surface area contributed by atoms with Gasteiger partial charge in [0.15, 0.2) is 0 Å². The van der Waals surface area contributed by atoms with E-state index in [0.717, 1.165) is 12.8 Å². The zero-order valence-electron chi connectivity index (χ0n) is 11.9. The van der Waals surface area contributed by atoms with Gasteiger partial charge in [-0.05, 0) is 25.0 Å². The summed E-state index contributed by atoms with van der Waals surface area (Å²) in [5.74, 6) is 1.05. The molecule has 1 aromatic rings. The highest BCUT2D eigenvalue weighted by atomic mass is 16.5. The number of hydrogen-bond acceptors (Lipinski definition) is 3. The van der Waals surface area contributed by atoms with Crippen LogP contribution in [0.2, 0.25) is 0 Å². The predicted octanol–water partition coefficient (Wildman–Crippen LogP) is 2.73. The van der Waals surface area contributed by atoms with Crippen LogP contribution in [0.4, 0.5) is 5.69 Å². The van der Waals surface area contributed by atoms with Crippen molar-refractivity contribution in [2.75, 3.05) is 18.9 Å². The van der Waals surface area contributed by atoms with E-state index >= 15 is 0 Å². The smallest absolute Gasteiger partial charge is 0.223 e. The number of nitrogen functional groups attached to an aromatic ring is 1. The molecule has 0 saturated heterocycles. The zero-order chi connectivity index (χ0) is 14.2. The summed E-state index contributed by atoms with van der Waals surface area (Å²) in [4.78, 5) is 12.0. The standard InChI is InChI=1S/C16H24N2O2/c17-14-9-5-6-10-15(14)20-12-11-18-16(19)13-7-3-1-2-4-8-13/h5-6,9-10,13H,1-4,7-8,11-12,17H2,(H,18,19). The normalized spacial score (nSPS) is 16.4. The minimum atomic E-state index is 0.177. The molecule has 20 heavy (non-hydrogen) atoms. The van der Waals surface area contributed by atoms with Crippen molar-refractivity contribution >= 4 is 11.6 Å². The van der Waals surface area contributed by atoms with Crippen LogP contribution in [-0.2, 0) is 4.79 Å². The third-order valence-corrected chi connectivity index (χ3v) is 3.80. The van der Waals surface area contributed by atoms with Crippen molar-refractivity contribution in [3.63, 3.8) is 0 Å². The second kappa shape index (κ2) is 7.78. The lowest BCUT2D eigenvalue weighted by molar-refractivity contribution is -0.125. The van der Waals surface area contributed by atoms with Gasteiger partial charge in [-0.3, -0.25) is 4.79 Å². The summed E-state index contributed by atoms with van der Waals surface area (Å²) in [7, 11) is 0. The van der Waals surface area contributed by atoms with E-state index in [1.54, 1.807) is 6.07 Å². The average Bonchev–Trinajstić information content (AvgIpc) is 2.74. The molecule has 1 fully saturated rings. The molecule has 4 heteroatoms. The van der Waals surface area contributed by atoms with Crippen LogP contribution in [-0.4, -0.2) is 19.1 Å². The molecule has 1 saturated carbocycles. The minimum absolute atomic E-state index is 0.177. The topological polar surface area (TPSA) is 64.3 Å². The highest BCUT2D eigenvalue weighted by Gasteiger charge is 2.19. The predicted molar refractivity (Wildman–Crippen MR) is 80.6 cm³/mol. The SMILES string of the molecule is Nc1ccccc1OCCNC(=O)C1CCCCCC1. The van der Waals surface area contributed by atoms with Crippen LogP contribution in [0, 0.1) is 5.92 Å². The maximum Gasteiger partial charge on any atom is 0.223 e. The van der Waals surface area contributed by atoms with Gasteiger partial charge >= 0.3 is 0 Å². The first-order valence-electron chi connectivity index (χ1n) is 7.52. The molecule has 1 aromatic carbocycles. The maximum atomic E-state index is 12.0. The van der Waals surface area contributed by atoms with Gasteiger partial charge in [0.05, 0.1) is 12.2 Å². The van der Waals surface area contributed by atoms with Gasteiger partial charge in [-0.1, -0.05) is 37.8 Å². The molecule has 0 radical (unpaired) electrons. The van der Waals surface area contributed by atoms with Crippen molar-refractivity contribution in [1.82, 2.24) is 5.32 Å². The molecule has 0 unspecified atom stereocenters. The van der Waals surface area contributed by atoms with Crippen LogP contribution in [0.5, 0.6) is 5.75 Å². The average molecular weight is 276 g/mol. The fourth-order valence-corrected chi connectivity index (χ4v) is 2.63. The fourth-order valence-electron chi connectivity index (χ4n) is 2.63. The molecule has 0 aromatic heterocycles. The molecule has 4 nitrogen and oxygen atoms in total. The van der Waals surface area contributed by atoms with E-state index in [1.165, 1.54) is 25.7 Å². The fraction of sp³-hybridized carbons (Fsp3) is 0.562. The van der Waals surface area contributed by atoms with Gasteiger partial charge in [0.25, 0.3) is 0 Å². The third-order valence-electron chi connectivity index (χ3n) is 3.80. The van der Waals surface area contributed by atoms with Crippen LogP contribution in [0.15, 0.2) is 24.3 Å². The van der Waals surface area contributed by atoms with E-state index in [1.807, 2.05) is 18.2 Å². The summed E-state index contributed by atoms with van der Waals surface area (Å²) in [5.41, 5.74) is 6.41. The Bertz CT molecular complexity index is 426. The molecule has 1 aliphatic rings. The number of carbonyl (C=O) groups excluding carboxylic acids is 1. The van der Waals surface area contributed by atoms with Crippen LogP contribution < -0.4 is 15.8 Å². The molecule has 0 heterocycles. The lowest BCUT2D eigenvalue weighted by Gasteiger charge is -2.14. The number of benzene rings is 1. The Hall–Kier alpha value is -1.71. The van der Waals surface area contributed by atoms with Crippen LogP contribution >= 0.6 is 0 Å². The first kappa shape index (κ1) is 14.7. The monoisotopic (exact) mass is 276 g/mol. The summed E-state index contributed by atoms with van der Waals surface area (Å²) in [6.07, 6.45) is 6.93. The Morgan fingerprint density at radius 2 is 1.90 bits per heavy atom. The molecule has 0 bridgehead atoms. The number of anilines is 1. The first-order valence-corrected chi connectivity index (χ1v) is 7.52. The van der Waals surface area contributed by atoms with Crippen molar-refractivity contribution in [3.8, 4) is 5.75 Å². The Labute approximate surface area is 120 Å². The Morgan fingerprint density at radius 1 is 1.20 bits per heavy atom. The third kappa shape index (κ3) is 4.44. The number of ether oxygens (including phenoxy) is 1. The van der Waals surface area contributed by atoms with Gasteiger partial charge in [0, 0.05) is 5.92 Å². The Kier molecular flexibility index (Phi) is 5.71. The van der Waals surface area contributed by atoms with E-state index in [-0.39, 0.29) is 11.8 Å². The summed E-state index contributed by atoms with van der Waals surface area (Å²) < 4.78 is 5.56. The molecule has 0 spiro atoms. The van der Waals surface area contributed by atoms with Gasteiger partial charge in [0.2, 0.25) is 5.91 Å². The molecule has 0 aliphatic heterocycles. The number of para-hydroxylation sites is 2. The van der Waals surface area contributed by atoms with Gasteiger partial charge in [0.1, 0.15) is 12.4 Å². The number of amides is 1. The van der Waals surface area contributed by atoms with Crippen LogP contribution in [0.25, 0.3) is 0 Å². The van der Waals surface area contributed by atoms with E-state index < -0.39 is 0 Å². The quantitative estimate of drug-likeness (QED) is 0.494. The van der Waals surface area contributed by atoms with Crippen molar-refractivity contribution in [1.29, 1.82) is 0 Å². The molecule has 1 amide bonds. The summed E-state index contributed by atoms with van der Waals surface area (Å²) in [5, 5.41) is 2.97.